The number of thioether (sulfide) groups is 1. The Morgan fingerprint density at radius 2 is 2.11 bits per heavy atom. The Kier molecular flexibility index (Phi) is 4.31. The molecule has 0 saturated heterocycles. The van der Waals surface area contributed by atoms with Gasteiger partial charge < -0.3 is 14.7 Å². The minimum atomic E-state index is 0.0209. The van der Waals surface area contributed by atoms with Gasteiger partial charge in [-0.15, -0.1) is 10.2 Å². The molecule has 0 radical (unpaired) electrons. The predicted octanol–water partition coefficient (Wildman–Crippen LogP) is 2.60. The zero-order valence-corrected chi connectivity index (χ0v) is 12.6. The zero-order valence-electron chi connectivity index (χ0n) is 11.8. The van der Waals surface area contributed by atoms with Gasteiger partial charge in [-0.2, -0.15) is 0 Å². The summed E-state index contributed by atoms with van der Waals surface area (Å²) in [6, 6.07) is 3.98. The number of rotatable bonds is 5. The van der Waals surface area contributed by atoms with E-state index in [0.29, 0.717) is 0 Å². The molecule has 0 aliphatic carbocycles. The van der Waals surface area contributed by atoms with Gasteiger partial charge in [0.25, 0.3) is 0 Å². The van der Waals surface area contributed by atoms with Crippen molar-refractivity contribution in [3.63, 3.8) is 0 Å². The fraction of sp³-hybridized carbons (Fsp3) is 0.538. The fourth-order valence-corrected chi connectivity index (χ4v) is 3.00. The molecule has 104 valence electrons. The molecule has 2 aromatic rings. The van der Waals surface area contributed by atoms with Gasteiger partial charge in [0.05, 0.1) is 5.25 Å². The van der Waals surface area contributed by atoms with E-state index < -0.39 is 0 Å². The summed E-state index contributed by atoms with van der Waals surface area (Å²) >= 11 is 1.61. The van der Waals surface area contributed by atoms with Crippen LogP contribution in [-0.4, -0.2) is 20.8 Å². The van der Waals surface area contributed by atoms with Crippen LogP contribution in [-0.2, 0) is 7.05 Å². The molecule has 2 unspecified atom stereocenters. The van der Waals surface area contributed by atoms with Crippen LogP contribution in [0.1, 0.15) is 35.9 Å². The number of nitrogens with zero attached hydrogens (tertiary/aromatic N) is 3. The molecular weight excluding hydrogens is 260 g/mol. The molecule has 5 nitrogen and oxygen atoms in total. The Morgan fingerprint density at radius 3 is 2.58 bits per heavy atom. The first-order valence-electron chi connectivity index (χ1n) is 6.37. The quantitative estimate of drug-likeness (QED) is 0.852. The minimum Gasteiger partial charge on any atom is -0.465 e. The zero-order chi connectivity index (χ0) is 14.0. The second kappa shape index (κ2) is 5.79. The second-order valence-corrected chi connectivity index (χ2v) is 5.76. The fourth-order valence-electron chi connectivity index (χ4n) is 1.78. The van der Waals surface area contributed by atoms with Crippen molar-refractivity contribution in [1.29, 1.82) is 0 Å². The van der Waals surface area contributed by atoms with Crippen LogP contribution in [0.15, 0.2) is 21.7 Å². The Hall–Kier alpha value is -1.27. The number of hydrogen-bond donors (Lipinski definition) is 1. The van der Waals surface area contributed by atoms with Crippen molar-refractivity contribution in [3.8, 4) is 0 Å². The van der Waals surface area contributed by atoms with E-state index in [9.17, 15) is 0 Å². The minimum absolute atomic E-state index is 0.0209. The van der Waals surface area contributed by atoms with Crippen LogP contribution in [0.5, 0.6) is 0 Å². The SMILES string of the molecule is CCC(N)C(Sc1nnc(C)n1C)c1ccc(C)o1. The van der Waals surface area contributed by atoms with Gasteiger partial charge in [0.2, 0.25) is 0 Å². The summed E-state index contributed by atoms with van der Waals surface area (Å²) in [5, 5.41) is 9.17. The first kappa shape index (κ1) is 14.1. The van der Waals surface area contributed by atoms with Crippen LogP contribution in [0.3, 0.4) is 0 Å². The van der Waals surface area contributed by atoms with Gasteiger partial charge in [0.15, 0.2) is 5.16 Å². The van der Waals surface area contributed by atoms with Crippen LogP contribution in [0, 0.1) is 13.8 Å². The molecule has 0 spiro atoms. The highest BCUT2D eigenvalue weighted by molar-refractivity contribution is 7.99. The van der Waals surface area contributed by atoms with Gasteiger partial charge >= 0.3 is 0 Å². The van der Waals surface area contributed by atoms with Crippen molar-refractivity contribution in [1.82, 2.24) is 14.8 Å². The van der Waals surface area contributed by atoms with Gasteiger partial charge in [-0.05, 0) is 32.4 Å². The molecule has 2 aromatic heterocycles. The van der Waals surface area contributed by atoms with Crippen LogP contribution in [0.25, 0.3) is 0 Å². The van der Waals surface area contributed by atoms with Crippen molar-refractivity contribution < 1.29 is 4.42 Å². The van der Waals surface area contributed by atoms with Crippen LogP contribution in [0.2, 0.25) is 0 Å². The number of furan rings is 1. The van der Waals surface area contributed by atoms with Gasteiger partial charge in [-0.25, -0.2) is 0 Å². The Morgan fingerprint density at radius 1 is 1.37 bits per heavy atom. The second-order valence-electron chi connectivity index (χ2n) is 4.65. The summed E-state index contributed by atoms with van der Waals surface area (Å²) in [7, 11) is 1.96. The van der Waals surface area contributed by atoms with Gasteiger partial charge in [0, 0.05) is 13.1 Å². The number of nitrogens with two attached hydrogens (primary N) is 1. The molecule has 0 amide bonds. The van der Waals surface area contributed by atoms with E-state index in [1.165, 1.54) is 0 Å². The van der Waals surface area contributed by atoms with Crippen LogP contribution < -0.4 is 5.73 Å². The maximum atomic E-state index is 6.22. The summed E-state index contributed by atoms with van der Waals surface area (Å²) in [6.07, 6.45) is 0.883. The van der Waals surface area contributed by atoms with Crippen molar-refractivity contribution in [2.24, 2.45) is 12.8 Å². The molecule has 2 rings (SSSR count). The van der Waals surface area contributed by atoms with E-state index in [1.54, 1.807) is 11.8 Å². The summed E-state index contributed by atoms with van der Waals surface area (Å²) in [6.45, 7) is 5.95. The van der Waals surface area contributed by atoms with E-state index in [4.69, 9.17) is 10.2 Å². The number of hydrogen-bond acceptors (Lipinski definition) is 5. The topological polar surface area (TPSA) is 69.9 Å². The number of aryl methyl sites for hydroxylation is 2. The summed E-state index contributed by atoms with van der Waals surface area (Å²) in [5.41, 5.74) is 6.22. The Balaban J connectivity index is 2.26. The molecule has 0 aromatic carbocycles. The van der Waals surface area contributed by atoms with E-state index in [-0.39, 0.29) is 11.3 Å². The highest BCUT2D eigenvalue weighted by atomic mass is 32.2. The van der Waals surface area contributed by atoms with Gasteiger partial charge in [-0.1, -0.05) is 18.7 Å². The normalized spacial score (nSPS) is 14.6. The highest BCUT2D eigenvalue weighted by Gasteiger charge is 2.25. The molecule has 0 aliphatic heterocycles. The molecule has 0 fully saturated rings. The average Bonchev–Trinajstić information content (AvgIpc) is 2.95. The lowest BCUT2D eigenvalue weighted by atomic mass is 10.1. The standard InChI is InChI=1S/C13H20N4OS/c1-5-10(14)12(11-7-6-8(2)18-11)19-13-16-15-9(3)17(13)4/h6-7,10,12H,5,14H2,1-4H3. The molecule has 6 heteroatoms. The van der Waals surface area contributed by atoms with Crippen molar-refractivity contribution >= 4 is 11.8 Å². The lowest BCUT2D eigenvalue weighted by Crippen LogP contribution is -2.25. The molecule has 19 heavy (non-hydrogen) atoms. The maximum absolute atomic E-state index is 6.22. The maximum Gasteiger partial charge on any atom is 0.191 e. The summed E-state index contributed by atoms with van der Waals surface area (Å²) in [4.78, 5) is 0. The summed E-state index contributed by atoms with van der Waals surface area (Å²) in [5.74, 6) is 2.69. The molecule has 2 heterocycles. The molecule has 2 atom stereocenters. The third kappa shape index (κ3) is 3.01. The smallest absolute Gasteiger partial charge is 0.191 e. The largest absolute Gasteiger partial charge is 0.465 e. The molecule has 0 saturated carbocycles. The molecule has 0 aliphatic rings. The average molecular weight is 280 g/mol. The van der Waals surface area contributed by atoms with E-state index >= 15 is 0 Å². The molecule has 2 N–H and O–H groups in total. The first-order chi connectivity index (χ1) is 9.02. The molecule has 0 bridgehead atoms. The van der Waals surface area contributed by atoms with Crippen LogP contribution in [0.4, 0.5) is 0 Å². The number of aromatic nitrogens is 3. The monoisotopic (exact) mass is 280 g/mol. The van der Waals surface area contributed by atoms with E-state index in [1.807, 2.05) is 37.6 Å². The lowest BCUT2D eigenvalue weighted by Gasteiger charge is -2.19. The predicted molar refractivity (Wildman–Crippen MR) is 76.0 cm³/mol. The van der Waals surface area contributed by atoms with Crippen molar-refractivity contribution in [2.45, 2.75) is 43.6 Å². The van der Waals surface area contributed by atoms with E-state index in [2.05, 4.69) is 17.1 Å². The van der Waals surface area contributed by atoms with E-state index in [0.717, 1.165) is 28.9 Å². The van der Waals surface area contributed by atoms with Gasteiger partial charge in [0.1, 0.15) is 17.3 Å². The highest BCUT2D eigenvalue weighted by Crippen LogP contribution is 2.37. The Labute approximate surface area is 117 Å². The third-order valence-electron chi connectivity index (χ3n) is 3.19. The lowest BCUT2D eigenvalue weighted by molar-refractivity contribution is 0.454. The summed E-state index contributed by atoms with van der Waals surface area (Å²) < 4.78 is 7.70. The third-order valence-corrected chi connectivity index (χ3v) is 4.59. The van der Waals surface area contributed by atoms with Crippen molar-refractivity contribution in [2.75, 3.05) is 0 Å². The Bertz CT molecular complexity index is 549. The molecular formula is C13H20N4OS. The van der Waals surface area contributed by atoms with Crippen molar-refractivity contribution in [3.05, 3.63) is 29.5 Å². The van der Waals surface area contributed by atoms with Crippen LogP contribution >= 0.6 is 11.8 Å². The van der Waals surface area contributed by atoms with Gasteiger partial charge in [-0.3, -0.25) is 0 Å². The first-order valence-corrected chi connectivity index (χ1v) is 7.25.